The summed E-state index contributed by atoms with van der Waals surface area (Å²) >= 11 is 0. The SMILES string of the molecule is CC1(C)c2ccccc2-c2ccc(N(c3ccc(-c4ccccc4)cc3)c3ccc4c(c3)C(c3ccccc3)(c3ccccc3)c3cc(-c5ccccc5)ccc3-4)cc21. The third kappa shape index (κ3) is 5.46. The summed E-state index contributed by atoms with van der Waals surface area (Å²) in [5.41, 5.74) is 20.6. The second-order valence-electron chi connectivity index (χ2n) is 16.5. The standard InChI is InChI=1S/C58H43N/c1-57(2)53-26-16-15-25-49(53)50-35-32-47(38-54(50)57)59(46-30-27-42(28-31-46)40-17-7-3-8-18-40)48-33-36-52-51-34-29-43(41-19-9-4-10-20-41)37-55(51)58(56(52)39-48,44-21-11-5-12-22-44)45-23-13-6-14-24-45/h3-39H,1-2H3. The minimum atomic E-state index is -0.557. The quantitative estimate of drug-likeness (QED) is 0.157. The van der Waals surface area contributed by atoms with Crippen molar-refractivity contribution in [2.75, 3.05) is 4.90 Å². The van der Waals surface area contributed by atoms with Gasteiger partial charge < -0.3 is 4.90 Å². The molecular weight excluding hydrogens is 711 g/mol. The second kappa shape index (κ2) is 13.7. The van der Waals surface area contributed by atoms with Crippen LogP contribution in [0, 0.1) is 0 Å². The molecule has 1 nitrogen and oxygen atoms in total. The van der Waals surface area contributed by atoms with E-state index in [9.17, 15) is 0 Å². The topological polar surface area (TPSA) is 3.24 Å². The lowest BCUT2D eigenvalue weighted by molar-refractivity contribution is 0.660. The Balaban J connectivity index is 1.16. The normalized spacial score (nSPS) is 13.9. The van der Waals surface area contributed by atoms with Gasteiger partial charge in [-0.3, -0.25) is 0 Å². The maximum atomic E-state index is 2.48. The highest BCUT2D eigenvalue weighted by molar-refractivity contribution is 5.92. The molecular formula is C58H43N. The molecule has 0 spiro atoms. The van der Waals surface area contributed by atoms with Gasteiger partial charge in [0.1, 0.15) is 0 Å². The van der Waals surface area contributed by atoms with E-state index in [1.165, 1.54) is 77.9 Å². The number of benzene rings is 9. The Kier molecular flexibility index (Phi) is 8.13. The zero-order valence-corrected chi connectivity index (χ0v) is 33.3. The molecule has 0 radical (unpaired) electrons. The average molecular weight is 754 g/mol. The fourth-order valence-electron chi connectivity index (χ4n) is 10.1. The summed E-state index contributed by atoms with van der Waals surface area (Å²) in [5, 5.41) is 0. The molecule has 2 aliphatic carbocycles. The molecule has 0 aromatic heterocycles. The molecule has 0 saturated carbocycles. The van der Waals surface area contributed by atoms with Gasteiger partial charge in [-0.15, -0.1) is 0 Å². The van der Waals surface area contributed by atoms with E-state index in [0.717, 1.165) is 17.1 Å². The first-order chi connectivity index (χ1) is 29.0. The van der Waals surface area contributed by atoms with Gasteiger partial charge in [-0.2, -0.15) is 0 Å². The van der Waals surface area contributed by atoms with Crippen LogP contribution in [0.4, 0.5) is 17.1 Å². The van der Waals surface area contributed by atoms with Crippen LogP contribution in [0.25, 0.3) is 44.5 Å². The third-order valence-electron chi connectivity index (χ3n) is 13.0. The Hall–Kier alpha value is -7.22. The van der Waals surface area contributed by atoms with Crippen molar-refractivity contribution in [2.24, 2.45) is 0 Å². The summed E-state index contributed by atoms with van der Waals surface area (Å²) in [7, 11) is 0. The lowest BCUT2D eigenvalue weighted by atomic mass is 9.67. The molecule has 1 heteroatoms. The first-order valence-electron chi connectivity index (χ1n) is 20.7. The molecule has 59 heavy (non-hydrogen) atoms. The zero-order valence-electron chi connectivity index (χ0n) is 33.3. The third-order valence-corrected chi connectivity index (χ3v) is 13.0. The molecule has 0 bridgehead atoms. The van der Waals surface area contributed by atoms with Crippen molar-refractivity contribution in [2.45, 2.75) is 24.7 Å². The van der Waals surface area contributed by atoms with Gasteiger partial charge in [0.05, 0.1) is 5.41 Å². The maximum absolute atomic E-state index is 2.48. The van der Waals surface area contributed by atoms with Crippen LogP contribution in [-0.4, -0.2) is 0 Å². The Morgan fingerprint density at radius 1 is 0.288 bits per heavy atom. The van der Waals surface area contributed by atoms with Gasteiger partial charge >= 0.3 is 0 Å². The van der Waals surface area contributed by atoms with E-state index in [1.54, 1.807) is 0 Å². The van der Waals surface area contributed by atoms with Crippen molar-refractivity contribution in [1.29, 1.82) is 0 Å². The Bertz CT molecular complexity index is 2940. The molecule has 0 saturated heterocycles. The Labute approximate surface area is 347 Å². The molecule has 0 atom stereocenters. The van der Waals surface area contributed by atoms with Gasteiger partial charge in [-0.1, -0.05) is 196 Å². The summed E-state index contributed by atoms with van der Waals surface area (Å²) in [4.78, 5) is 2.47. The van der Waals surface area contributed by atoms with E-state index in [4.69, 9.17) is 0 Å². The van der Waals surface area contributed by atoms with E-state index in [0.29, 0.717) is 0 Å². The second-order valence-corrected chi connectivity index (χ2v) is 16.5. The van der Waals surface area contributed by atoms with Gasteiger partial charge in [-0.25, -0.2) is 0 Å². The van der Waals surface area contributed by atoms with Gasteiger partial charge in [0.2, 0.25) is 0 Å². The number of anilines is 3. The molecule has 11 rings (SSSR count). The van der Waals surface area contributed by atoms with E-state index in [1.807, 2.05) is 0 Å². The fourth-order valence-corrected chi connectivity index (χ4v) is 10.1. The van der Waals surface area contributed by atoms with Gasteiger partial charge in [0, 0.05) is 22.5 Å². The lowest BCUT2D eigenvalue weighted by Crippen LogP contribution is -2.28. The lowest BCUT2D eigenvalue weighted by Gasteiger charge is -2.35. The predicted molar refractivity (Wildman–Crippen MR) is 247 cm³/mol. The molecule has 2 aliphatic rings. The molecule has 9 aromatic carbocycles. The molecule has 9 aromatic rings. The molecule has 0 amide bonds. The van der Waals surface area contributed by atoms with Crippen LogP contribution in [0.15, 0.2) is 224 Å². The molecule has 0 unspecified atom stereocenters. The van der Waals surface area contributed by atoms with Crippen molar-refractivity contribution in [1.82, 2.24) is 0 Å². The van der Waals surface area contributed by atoms with Crippen molar-refractivity contribution in [3.05, 3.63) is 258 Å². The minimum Gasteiger partial charge on any atom is -0.310 e. The van der Waals surface area contributed by atoms with Gasteiger partial charge in [0.15, 0.2) is 0 Å². The molecule has 280 valence electrons. The average Bonchev–Trinajstić information content (AvgIpc) is 3.72. The zero-order chi connectivity index (χ0) is 39.6. The minimum absolute atomic E-state index is 0.128. The van der Waals surface area contributed by atoms with Crippen LogP contribution in [0.1, 0.15) is 47.2 Å². The number of fused-ring (bicyclic) bond motifs is 6. The van der Waals surface area contributed by atoms with Crippen molar-refractivity contribution in [3.8, 4) is 44.5 Å². The van der Waals surface area contributed by atoms with Crippen molar-refractivity contribution in [3.63, 3.8) is 0 Å². The predicted octanol–water partition coefficient (Wildman–Crippen LogP) is 15.2. The number of hydrogen-bond acceptors (Lipinski definition) is 1. The molecule has 0 heterocycles. The first-order valence-corrected chi connectivity index (χ1v) is 20.7. The Morgan fingerprint density at radius 2 is 0.678 bits per heavy atom. The molecule has 0 fully saturated rings. The summed E-state index contributed by atoms with van der Waals surface area (Å²) in [6, 6.07) is 83.1. The van der Waals surface area contributed by atoms with Crippen LogP contribution in [0.5, 0.6) is 0 Å². The van der Waals surface area contributed by atoms with Crippen molar-refractivity contribution >= 4 is 17.1 Å². The van der Waals surface area contributed by atoms with Gasteiger partial charge in [0.25, 0.3) is 0 Å². The fraction of sp³-hybridized carbons (Fsp3) is 0.0690. The van der Waals surface area contributed by atoms with Crippen LogP contribution in [0.2, 0.25) is 0 Å². The highest BCUT2D eigenvalue weighted by Gasteiger charge is 2.47. The van der Waals surface area contributed by atoms with Gasteiger partial charge in [-0.05, 0) is 120 Å². The monoisotopic (exact) mass is 753 g/mol. The first kappa shape index (κ1) is 35.0. The number of hydrogen-bond donors (Lipinski definition) is 0. The number of nitrogens with zero attached hydrogens (tertiary/aromatic N) is 1. The van der Waals surface area contributed by atoms with E-state index in [-0.39, 0.29) is 5.41 Å². The molecule has 0 aliphatic heterocycles. The summed E-state index contributed by atoms with van der Waals surface area (Å²) in [5.74, 6) is 0. The highest BCUT2D eigenvalue weighted by Crippen LogP contribution is 2.58. The highest BCUT2D eigenvalue weighted by atomic mass is 15.1. The van der Waals surface area contributed by atoms with Crippen LogP contribution in [0.3, 0.4) is 0 Å². The van der Waals surface area contributed by atoms with Crippen molar-refractivity contribution < 1.29 is 0 Å². The summed E-state index contributed by atoms with van der Waals surface area (Å²) < 4.78 is 0. The smallest absolute Gasteiger partial charge is 0.0714 e. The van der Waals surface area contributed by atoms with Crippen LogP contribution in [-0.2, 0) is 10.8 Å². The summed E-state index contributed by atoms with van der Waals surface area (Å²) in [6.45, 7) is 4.73. The summed E-state index contributed by atoms with van der Waals surface area (Å²) in [6.07, 6.45) is 0. The largest absolute Gasteiger partial charge is 0.310 e. The van der Waals surface area contributed by atoms with E-state index < -0.39 is 5.41 Å². The van der Waals surface area contributed by atoms with E-state index >= 15 is 0 Å². The maximum Gasteiger partial charge on any atom is 0.0714 e. The van der Waals surface area contributed by atoms with E-state index in [2.05, 4.69) is 243 Å². The number of rotatable bonds is 7. The molecule has 0 N–H and O–H groups in total. The Morgan fingerprint density at radius 3 is 1.27 bits per heavy atom. The van der Waals surface area contributed by atoms with Crippen LogP contribution < -0.4 is 4.90 Å². The van der Waals surface area contributed by atoms with Crippen LogP contribution >= 0.6 is 0 Å².